The number of nitrogens with one attached hydrogen (secondary N) is 1. The van der Waals surface area contributed by atoms with Crippen molar-refractivity contribution >= 4 is 10.9 Å². The van der Waals surface area contributed by atoms with E-state index in [0.717, 1.165) is 23.9 Å². The molecule has 1 aromatic carbocycles. The lowest BCUT2D eigenvalue weighted by atomic mass is 10.0. The number of hydrogen-bond acceptors (Lipinski definition) is 2. The van der Waals surface area contributed by atoms with E-state index < -0.39 is 0 Å². The SMILES string of the molecule is CC(C)NCC1CC1c1ccnc2ccccc12. The number of fused-ring (bicyclic) bond motifs is 1. The molecule has 2 nitrogen and oxygen atoms in total. The van der Waals surface area contributed by atoms with E-state index in [1.165, 1.54) is 17.4 Å². The predicted octanol–water partition coefficient (Wildman–Crippen LogP) is 3.34. The summed E-state index contributed by atoms with van der Waals surface area (Å²) in [6, 6.07) is 11.2. The van der Waals surface area contributed by atoms with Crippen LogP contribution in [0.3, 0.4) is 0 Å². The van der Waals surface area contributed by atoms with Crippen molar-refractivity contribution in [2.24, 2.45) is 5.92 Å². The van der Waals surface area contributed by atoms with Crippen molar-refractivity contribution in [1.29, 1.82) is 0 Å². The van der Waals surface area contributed by atoms with Gasteiger partial charge >= 0.3 is 0 Å². The lowest BCUT2D eigenvalue weighted by molar-refractivity contribution is 0.555. The van der Waals surface area contributed by atoms with Gasteiger partial charge < -0.3 is 5.32 Å². The number of aromatic nitrogens is 1. The molecular formula is C16H20N2. The van der Waals surface area contributed by atoms with Gasteiger partial charge in [-0.2, -0.15) is 0 Å². The first-order valence-corrected chi connectivity index (χ1v) is 6.82. The molecule has 3 rings (SSSR count). The maximum absolute atomic E-state index is 4.44. The number of nitrogens with zero attached hydrogens (tertiary/aromatic N) is 1. The first kappa shape index (κ1) is 11.7. The summed E-state index contributed by atoms with van der Waals surface area (Å²) in [7, 11) is 0. The van der Waals surface area contributed by atoms with Crippen molar-refractivity contribution in [1.82, 2.24) is 10.3 Å². The Bertz CT molecular complexity index is 542. The first-order chi connectivity index (χ1) is 8.75. The first-order valence-electron chi connectivity index (χ1n) is 6.82. The fourth-order valence-corrected chi connectivity index (χ4v) is 2.68. The second-order valence-electron chi connectivity index (χ2n) is 5.58. The normalized spacial score (nSPS) is 22.6. The fourth-order valence-electron chi connectivity index (χ4n) is 2.68. The molecule has 0 saturated heterocycles. The molecule has 0 aliphatic heterocycles. The lowest BCUT2D eigenvalue weighted by Gasteiger charge is -2.08. The molecule has 2 unspecified atom stereocenters. The maximum atomic E-state index is 4.44. The van der Waals surface area contributed by atoms with Gasteiger partial charge in [-0.1, -0.05) is 32.0 Å². The van der Waals surface area contributed by atoms with Crippen molar-refractivity contribution in [3.8, 4) is 0 Å². The van der Waals surface area contributed by atoms with Gasteiger partial charge in [0.15, 0.2) is 0 Å². The van der Waals surface area contributed by atoms with Crippen LogP contribution in [-0.2, 0) is 0 Å². The summed E-state index contributed by atoms with van der Waals surface area (Å²) in [4.78, 5) is 4.44. The molecule has 1 aromatic heterocycles. The van der Waals surface area contributed by atoms with E-state index in [9.17, 15) is 0 Å². The van der Waals surface area contributed by atoms with E-state index in [0.29, 0.717) is 6.04 Å². The summed E-state index contributed by atoms with van der Waals surface area (Å²) in [5.74, 6) is 1.53. The van der Waals surface area contributed by atoms with Crippen LogP contribution in [0.1, 0.15) is 31.7 Å². The number of rotatable bonds is 4. The summed E-state index contributed by atoms with van der Waals surface area (Å²) >= 11 is 0. The van der Waals surface area contributed by atoms with Crippen molar-refractivity contribution < 1.29 is 0 Å². The topological polar surface area (TPSA) is 24.9 Å². The summed E-state index contributed by atoms with van der Waals surface area (Å²) in [6.07, 6.45) is 3.26. The Morgan fingerprint density at radius 3 is 2.94 bits per heavy atom. The minimum Gasteiger partial charge on any atom is -0.314 e. The maximum Gasteiger partial charge on any atom is 0.0704 e. The smallest absolute Gasteiger partial charge is 0.0704 e. The average molecular weight is 240 g/mol. The Morgan fingerprint density at radius 2 is 2.11 bits per heavy atom. The molecule has 1 heterocycles. The average Bonchev–Trinajstić information content (AvgIpc) is 3.15. The second-order valence-corrected chi connectivity index (χ2v) is 5.58. The van der Waals surface area contributed by atoms with Gasteiger partial charge in [0.1, 0.15) is 0 Å². The van der Waals surface area contributed by atoms with Crippen molar-refractivity contribution in [3.63, 3.8) is 0 Å². The Balaban J connectivity index is 1.80. The van der Waals surface area contributed by atoms with E-state index in [4.69, 9.17) is 0 Å². The van der Waals surface area contributed by atoms with E-state index in [2.05, 4.69) is 54.5 Å². The number of benzene rings is 1. The molecule has 94 valence electrons. The Kier molecular flexibility index (Phi) is 3.04. The highest BCUT2D eigenvalue weighted by molar-refractivity contribution is 5.82. The minimum absolute atomic E-state index is 0.584. The van der Waals surface area contributed by atoms with Gasteiger partial charge in [-0.3, -0.25) is 4.98 Å². The molecule has 2 heteroatoms. The molecule has 1 saturated carbocycles. The largest absolute Gasteiger partial charge is 0.314 e. The van der Waals surface area contributed by atoms with E-state index >= 15 is 0 Å². The highest BCUT2D eigenvalue weighted by Gasteiger charge is 2.38. The van der Waals surface area contributed by atoms with Crippen LogP contribution < -0.4 is 5.32 Å². The third-order valence-electron chi connectivity index (χ3n) is 3.79. The summed E-state index contributed by atoms with van der Waals surface area (Å²) in [6.45, 7) is 5.55. The van der Waals surface area contributed by atoms with Gasteiger partial charge in [0.2, 0.25) is 0 Å². The fraction of sp³-hybridized carbons (Fsp3) is 0.438. The van der Waals surface area contributed by atoms with Gasteiger partial charge in [-0.15, -0.1) is 0 Å². The Labute approximate surface area is 108 Å². The van der Waals surface area contributed by atoms with Crippen LogP contribution in [-0.4, -0.2) is 17.6 Å². The molecule has 1 fully saturated rings. The van der Waals surface area contributed by atoms with Crippen LogP contribution in [0, 0.1) is 5.92 Å². The summed E-state index contributed by atoms with van der Waals surface area (Å²) in [5.41, 5.74) is 2.61. The number of hydrogen-bond donors (Lipinski definition) is 1. The minimum atomic E-state index is 0.584. The summed E-state index contributed by atoms with van der Waals surface area (Å²) < 4.78 is 0. The monoisotopic (exact) mass is 240 g/mol. The molecule has 18 heavy (non-hydrogen) atoms. The number of para-hydroxylation sites is 1. The van der Waals surface area contributed by atoms with Crippen molar-refractivity contribution in [2.45, 2.75) is 32.2 Å². The Hall–Kier alpha value is -1.41. The standard InChI is InChI=1S/C16H20N2/c1-11(2)18-10-12-9-15(12)13-7-8-17-16-6-4-3-5-14(13)16/h3-8,11-12,15,18H,9-10H2,1-2H3. The number of pyridine rings is 1. The van der Waals surface area contributed by atoms with Crippen LogP contribution in [0.25, 0.3) is 10.9 Å². The zero-order chi connectivity index (χ0) is 12.5. The van der Waals surface area contributed by atoms with Gasteiger partial charge in [0.25, 0.3) is 0 Å². The van der Waals surface area contributed by atoms with Gasteiger partial charge in [0, 0.05) is 17.6 Å². The van der Waals surface area contributed by atoms with Crippen molar-refractivity contribution in [3.05, 3.63) is 42.1 Å². The summed E-state index contributed by atoms with van der Waals surface area (Å²) in [5, 5.41) is 4.87. The van der Waals surface area contributed by atoms with Crippen molar-refractivity contribution in [2.75, 3.05) is 6.54 Å². The zero-order valence-corrected chi connectivity index (χ0v) is 11.1. The van der Waals surface area contributed by atoms with Crippen LogP contribution in [0.4, 0.5) is 0 Å². The van der Waals surface area contributed by atoms with Crippen LogP contribution in [0.5, 0.6) is 0 Å². The Morgan fingerprint density at radius 1 is 1.28 bits per heavy atom. The van der Waals surface area contributed by atoms with E-state index in [1.54, 1.807) is 0 Å². The molecular weight excluding hydrogens is 220 g/mol. The molecule has 0 amide bonds. The van der Waals surface area contributed by atoms with E-state index in [-0.39, 0.29) is 0 Å². The van der Waals surface area contributed by atoms with E-state index in [1.807, 2.05) is 6.20 Å². The van der Waals surface area contributed by atoms with Gasteiger partial charge in [-0.05, 0) is 42.5 Å². The van der Waals surface area contributed by atoms with Gasteiger partial charge in [-0.25, -0.2) is 0 Å². The third kappa shape index (κ3) is 2.25. The second kappa shape index (κ2) is 4.69. The highest BCUT2D eigenvalue weighted by atomic mass is 14.9. The zero-order valence-electron chi connectivity index (χ0n) is 11.1. The molecule has 1 aliphatic carbocycles. The molecule has 2 aromatic rings. The van der Waals surface area contributed by atoms with Gasteiger partial charge in [0.05, 0.1) is 5.52 Å². The van der Waals surface area contributed by atoms with Crippen LogP contribution >= 0.6 is 0 Å². The highest BCUT2D eigenvalue weighted by Crippen LogP contribution is 2.48. The quantitative estimate of drug-likeness (QED) is 0.886. The molecule has 2 atom stereocenters. The van der Waals surface area contributed by atoms with Crippen LogP contribution in [0.15, 0.2) is 36.5 Å². The molecule has 1 aliphatic rings. The van der Waals surface area contributed by atoms with Crippen LogP contribution in [0.2, 0.25) is 0 Å². The lowest BCUT2D eigenvalue weighted by Crippen LogP contribution is -2.25. The molecule has 0 bridgehead atoms. The predicted molar refractivity (Wildman–Crippen MR) is 75.7 cm³/mol. The molecule has 0 spiro atoms. The molecule has 0 radical (unpaired) electrons. The molecule has 1 N–H and O–H groups in total. The third-order valence-corrected chi connectivity index (χ3v) is 3.79.